The van der Waals surface area contributed by atoms with Crippen molar-refractivity contribution in [3.63, 3.8) is 0 Å². The molecule has 0 aromatic rings. The minimum absolute atomic E-state index is 1.06. The average Bonchev–Trinajstić information content (AvgIpc) is 2.70. The molecule has 2 rings (SSSR count). The Bertz CT molecular complexity index is 66.0. The van der Waals surface area contributed by atoms with Crippen LogP contribution in [0, 0.1) is 11.8 Å². The zero-order valence-electron chi connectivity index (χ0n) is 21.4. The second-order valence-corrected chi connectivity index (χ2v) is 4.07. The van der Waals surface area contributed by atoms with Crippen molar-refractivity contribution in [3.05, 3.63) is 0 Å². The molecule has 0 aromatic carbocycles. The predicted octanol–water partition coefficient (Wildman–Crippen LogP) is 10.8. The average molecular weight is 351 g/mol. The van der Waals surface area contributed by atoms with Gasteiger partial charge in [0.15, 0.2) is 0 Å². The topological polar surface area (TPSA) is 0 Å². The van der Waals surface area contributed by atoms with E-state index in [2.05, 4.69) is 13.8 Å². The third-order valence-corrected chi connectivity index (χ3v) is 2.79. The van der Waals surface area contributed by atoms with Crippen LogP contribution in [0.15, 0.2) is 0 Å². The van der Waals surface area contributed by atoms with Crippen molar-refractivity contribution >= 4 is 0 Å². The minimum atomic E-state index is 1.06. The molecule has 0 heterocycles. The fourth-order valence-electron chi connectivity index (χ4n) is 1.22. The van der Waals surface area contributed by atoms with Crippen LogP contribution >= 0.6 is 0 Å². The summed E-state index contributed by atoms with van der Waals surface area (Å²) in [4.78, 5) is 0. The zero-order chi connectivity index (χ0) is 21.4. The second kappa shape index (κ2) is 77.3. The standard InChI is InChI=1S/2C5H10.7C2H6/c2*1-5-3-2-4-5;7*1-2/h2*5H,2-4H2,1H3;7*1-2H3. The van der Waals surface area contributed by atoms with Crippen LogP contribution in [0.5, 0.6) is 0 Å². The zero-order valence-corrected chi connectivity index (χ0v) is 21.4. The Labute approximate surface area is 161 Å². The Morgan fingerprint density at radius 3 is 0.417 bits per heavy atom. The first-order valence-corrected chi connectivity index (χ1v) is 11.8. The third-order valence-electron chi connectivity index (χ3n) is 2.79. The lowest BCUT2D eigenvalue weighted by Crippen LogP contribution is -2.04. The molecular formula is C24H62. The summed E-state index contributed by atoms with van der Waals surface area (Å²) in [5.41, 5.74) is 0. The highest BCUT2D eigenvalue weighted by Gasteiger charge is 2.09. The highest BCUT2D eigenvalue weighted by molar-refractivity contribution is 4.62. The number of hydrogen-bond donors (Lipinski definition) is 0. The molecule has 0 aliphatic heterocycles. The van der Waals surface area contributed by atoms with Gasteiger partial charge in [0, 0.05) is 0 Å². The van der Waals surface area contributed by atoms with E-state index in [0.717, 1.165) is 11.8 Å². The van der Waals surface area contributed by atoms with Crippen LogP contribution in [-0.4, -0.2) is 0 Å². The molecule has 2 aliphatic rings. The lowest BCUT2D eigenvalue weighted by molar-refractivity contribution is 0.346. The number of hydrogen-bond acceptors (Lipinski definition) is 0. The van der Waals surface area contributed by atoms with Crippen LogP contribution in [0.2, 0.25) is 0 Å². The second-order valence-electron chi connectivity index (χ2n) is 4.07. The van der Waals surface area contributed by atoms with Gasteiger partial charge in [-0.2, -0.15) is 0 Å². The molecule has 2 aliphatic carbocycles. The quantitative estimate of drug-likeness (QED) is 0.407. The SMILES string of the molecule is CC.CC.CC.CC.CC.CC.CC.CC1CCC1.CC1CCC1. The van der Waals surface area contributed by atoms with Gasteiger partial charge >= 0.3 is 0 Å². The molecule has 158 valence electrons. The Kier molecular flexibility index (Phi) is 142. The van der Waals surface area contributed by atoms with Crippen molar-refractivity contribution in [1.82, 2.24) is 0 Å². The van der Waals surface area contributed by atoms with E-state index in [1.165, 1.54) is 38.5 Å². The highest BCUT2D eigenvalue weighted by Crippen LogP contribution is 2.24. The van der Waals surface area contributed by atoms with Gasteiger partial charge < -0.3 is 0 Å². The van der Waals surface area contributed by atoms with Crippen LogP contribution in [0.1, 0.15) is 149 Å². The van der Waals surface area contributed by atoms with E-state index in [1.807, 2.05) is 96.9 Å². The molecule has 0 atom stereocenters. The Balaban J connectivity index is -0.0000000287. The normalized spacial score (nSPS) is 12.5. The maximum Gasteiger partial charge on any atom is -0.0443 e. The van der Waals surface area contributed by atoms with Crippen molar-refractivity contribution in [2.24, 2.45) is 11.8 Å². The summed E-state index contributed by atoms with van der Waals surface area (Å²) in [5.74, 6) is 2.13. The predicted molar refractivity (Wildman–Crippen MR) is 125 cm³/mol. The first-order chi connectivity index (χ1) is 11.8. The maximum absolute atomic E-state index is 2.31. The molecule has 0 saturated heterocycles. The smallest absolute Gasteiger partial charge is 0.0443 e. The first kappa shape index (κ1) is 43.9. The van der Waals surface area contributed by atoms with Crippen LogP contribution in [0.3, 0.4) is 0 Å². The Hall–Kier alpha value is 0. The summed E-state index contributed by atoms with van der Waals surface area (Å²) in [6.07, 6.45) is 8.92. The lowest BCUT2D eigenvalue weighted by Gasteiger charge is -2.18. The van der Waals surface area contributed by atoms with Crippen molar-refractivity contribution in [2.75, 3.05) is 0 Å². The van der Waals surface area contributed by atoms with Crippen LogP contribution in [0.25, 0.3) is 0 Å². The summed E-state index contributed by atoms with van der Waals surface area (Å²) < 4.78 is 0. The molecule has 0 spiro atoms. The summed E-state index contributed by atoms with van der Waals surface area (Å²) in [6.45, 7) is 32.6. The molecule has 0 N–H and O–H groups in total. The molecule has 0 aromatic heterocycles. The largest absolute Gasteiger partial charge is 0.0683 e. The minimum Gasteiger partial charge on any atom is -0.0683 e. The van der Waals surface area contributed by atoms with Crippen LogP contribution < -0.4 is 0 Å². The summed E-state index contributed by atoms with van der Waals surface area (Å²) in [7, 11) is 0. The van der Waals surface area contributed by atoms with E-state index in [4.69, 9.17) is 0 Å². The van der Waals surface area contributed by atoms with Crippen molar-refractivity contribution in [2.45, 2.75) is 149 Å². The molecule has 24 heavy (non-hydrogen) atoms. The lowest BCUT2D eigenvalue weighted by atomic mass is 9.88. The number of rotatable bonds is 0. The van der Waals surface area contributed by atoms with Crippen molar-refractivity contribution < 1.29 is 0 Å². The van der Waals surface area contributed by atoms with Crippen molar-refractivity contribution in [3.8, 4) is 0 Å². The van der Waals surface area contributed by atoms with Gasteiger partial charge in [0.05, 0.1) is 0 Å². The summed E-state index contributed by atoms with van der Waals surface area (Å²) in [6, 6.07) is 0. The Morgan fingerprint density at radius 1 is 0.333 bits per heavy atom. The van der Waals surface area contributed by atoms with Gasteiger partial charge in [-0.1, -0.05) is 149 Å². The first-order valence-electron chi connectivity index (χ1n) is 11.8. The summed E-state index contributed by atoms with van der Waals surface area (Å²) in [5, 5.41) is 0. The fraction of sp³-hybridized carbons (Fsp3) is 1.00. The van der Waals surface area contributed by atoms with E-state index < -0.39 is 0 Å². The van der Waals surface area contributed by atoms with Crippen LogP contribution in [-0.2, 0) is 0 Å². The fourth-order valence-corrected chi connectivity index (χ4v) is 1.22. The molecule has 0 radical (unpaired) electrons. The molecular weight excluding hydrogens is 288 g/mol. The maximum atomic E-state index is 2.31. The van der Waals surface area contributed by atoms with Gasteiger partial charge in [0.25, 0.3) is 0 Å². The monoisotopic (exact) mass is 350 g/mol. The van der Waals surface area contributed by atoms with E-state index in [0.29, 0.717) is 0 Å². The van der Waals surface area contributed by atoms with E-state index in [-0.39, 0.29) is 0 Å². The molecule has 2 saturated carbocycles. The molecule has 2 fully saturated rings. The molecule has 0 bridgehead atoms. The van der Waals surface area contributed by atoms with E-state index >= 15 is 0 Å². The van der Waals surface area contributed by atoms with E-state index in [1.54, 1.807) is 0 Å². The van der Waals surface area contributed by atoms with Gasteiger partial charge in [-0.25, -0.2) is 0 Å². The van der Waals surface area contributed by atoms with Gasteiger partial charge in [0.2, 0.25) is 0 Å². The molecule has 0 amide bonds. The summed E-state index contributed by atoms with van der Waals surface area (Å²) >= 11 is 0. The van der Waals surface area contributed by atoms with E-state index in [9.17, 15) is 0 Å². The Morgan fingerprint density at radius 2 is 0.417 bits per heavy atom. The molecule has 0 unspecified atom stereocenters. The van der Waals surface area contributed by atoms with Crippen LogP contribution in [0.4, 0.5) is 0 Å². The van der Waals surface area contributed by atoms with Gasteiger partial charge in [0.1, 0.15) is 0 Å². The van der Waals surface area contributed by atoms with Gasteiger partial charge in [-0.3, -0.25) is 0 Å². The molecule has 0 heteroatoms. The molecule has 0 nitrogen and oxygen atoms in total. The van der Waals surface area contributed by atoms with Gasteiger partial charge in [-0.05, 0) is 11.8 Å². The third kappa shape index (κ3) is 67.4. The van der Waals surface area contributed by atoms with Crippen molar-refractivity contribution in [1.29, 1.82) is 0 Å². The van der Waals surface area contributed by atoms with Gasteiger partial charge in [-0.15, -0.1) is 0 Å². The highest BCUT2D eigenvalue weighted by atomic mass is 14.2.